The minimum atomic E-state index is -0.240. The van der Waals surface area contributed by atoms with Crippen molar-refractivity contribution in [3.63, 3.8) is 0 Å². The quantitative estimate of drug-likeness (QED) is 0.487. The third-order valence-electron chi connectivity index (χ3n) is 5.88. The second-order valence-electron chi connectivity index (χ2n) is 9.56. The molecule has 3 heterocycles. The van der Waals surface area contributed by atoms with E-state index in [-0.39, 0.29) is 23.8 Å². The van der Waals surface area contributed by atoms with Crippen LogP contribution in [0.3, 0.4) is 0 Å². The van der Waals surface area contributed by atoms with E-state index in [4.69, 9.17) is 4.52 Å². The summed E-state index contributed by atoms with van der Waals surface area (Å²) in [5.74, 6) is 0.203. The SMILES string of the molecule is CC(C)(C)c1cc(NC(=O)Cc2ccc(-n3cnc4cc(N5CC(O)C5)ccc43)cc2)on1. The number of hydrogen-bond acceptors (Lipinski definition) is 6. The number of anilines is 2. The van der Waals surface area contributed by atoms with Gasteiger partial charge in [-0.25, -0.2) is 4.98 Å². The number of nitrogens with one attached hydrogen (secondary N) is 1. The summed E-state index contributed by atoms with van der Waals surface area (Å²) in [6, 6.07) is 15.8. The summed E-state index contributed by atoms with van der Waals surface area (Å²) in [7, 11) is 0. The number of benzene rings is 2. The molecule has 1 aliphatic rings. The summed E-state index contributed by atoms with van der Waals surface area (Å²) in [5, 5.41) is 16.3. The fraction of sp³-hybridized carbons (Fsp3) is 0.320. The van der Waals surface area contributed by atoms with Gasteiger partial charge >= 0.3 is 0 Å². The van der Waals surface area contributed by atoms with E-state index in [1.165, 1.54) is 0 Å². The van der Waals surface area contributed by atoms with Crippen molar-refractivity contribution < 1.29 is 14.4 Å². The van der Waals surface area contributed by atoms with Crippen LogP contribution in [-0.2, 0) is 16.6 Å². The van der Waals surface area contributed by atoms with Crippen LogP contribution in [0.5, 0.6) is 0 Å². The highest BCUT2D eigenvalue weighted by Gasteiger charge is 2.25. The van der Waals surface area contributed by atoms with Crippen molar-refractivity contribution in [1.82, 2.24) is 14.7 Å². The normalized spacial score (nSPS) is 14.5. The summed E-state index contributed by atoms with van der Waals surface area (Å²) in [6.07, 6.45) is 1.80. The van der Waals surface area contributed by atoms with E-state index in [2.05, 4.69) is 26.4 Å². The molecule has 0 saturated carbocycles. The predicted molar refractivity (Wildman–Crippen MR) is 127 cm³/mol. The Morgan fingerprint density at radius 1 is 1.12 bits per heavy atom. The lowest BCUT2D eigenvalue weighted by Crippen LogP contribution is -2.50. The number of β-amino-alcohol motifs (C(OH)–C–C–N with tert-alkyl or cyclic N) is 1. The molecule has 33 heavy (non-hydrogen) atoms. The molecular formula is C25H27N5O3. The lowest BCUT2D eigenvalue weighted by Gasteiger charge is -2.37. The second-order valence-corrected chi connectivity index (χ2v) is 9.56. The number of imidazole rings is 1. The van der Waals surface area contributed by atoms with Crippen LogP contribution in [0.4, 0.5) is 11.6 Å². The van der Waals surface area contributed by atoms with Gasteiger partial charge in [-0.1, -0.05) is 38.1 Å². The Morgan fingerprint density at radius 2 is 1.85 bits per heavy atom. The van der Waals surface area contributed by atoms with Crippen LogP contribution >= 0.6 is 0 Å². The van der Waals surface area contributed by atoms with Crippen LogP contribution in [0.15, 0.2) is 59.4 Å². The predicted octanol–water partition coefficient (Wildman–Crippen LogP) is 3.67. The van der Waals surface area contributed by atoms with Gasteiger partial charge in [-0.15, -0.1) is 0 Å². The zero-order valence-electron chi connectivity index (χ0n) is 18.9. The largest absolute Gasteiger partial charge is 0.389 e. The van der Waals surface area contributed by atoms with E-state index in [0.29, 0.717) is 19.0 Å². The van der Waals surface area contributed by atoms with Gasteiger partial charge in [0.1, 0.15) is 6.33 Å². The zero-order valence-corrected chi connectivity index (χ0v) is 18.9. The topological polar surface area (TPSA) is 96.4 Å². The first-order valence-electron chi connectivity index (χ1n) is 11.0. The van der Waals surface area contributed by atoms with E-state index < -0.39 is 0 Å². The van der Waals surface area contributed by atoms with Crippen molar-refractivity contribution in [1.29, 1.82) is 0 Å². The number of fused-ring (bicyclic) bond motifs is 1. The number of carbonyl (C=O) groups is 1. The number of amides is 1. The first-order chi connectivity index (χ1) is 15.8. The summed E-state index contributed by atoms with van der Waals surface area (Å²) in [5.41, 5.74) is 5.50. The number of aromatic nitrogens is 3. The van der Waals surface area contributed by atoms with Crippen LogP contribution in [0, 0.1) is 0 Å². The van der Waals surface area contributed by atoms with E-state index >= 15 is 0 Å². The average Bonchev–Trinajstić information content (AvgIpc) is 3.38. The van der Waals surface area contributed by atoms with E-state index in [0.717, 1.165) is 33.7 Å². The molecule has 5 rings (SSSR count). The van der Waals surface area contributed by atoms with Crippen LogP contribution in [-0.4, -0.2) is 44.9 Å². The number of aliphatic hydroxyl groups excluding tert-OH is 1. The Labute approximate surface area is 191 Å². The molecule has 0 spiro atoms. The minimum Gasteiger partial charge on any atom is -0.389 e. The highest BCUT2D eigenvalue weighted by atomic mass is 16.5. The zero-order chi connectivity index (χ0) is 23.2. The molecule has 2 aromatic heterocycles. The van der Waals surface area contributed by atoms with Gasteiger partial charge in [0.15, 0.2) is 0 Å². The van der Waals surface area contributed by atoms with E-state index in [9.17, 15) is 9.90 Å². The number of hydrogen-bond donors (Lipinski definition) is 2. The third kappa shape index (κ3) is 4.34. The number of aliphatic hydroxyl groups is 1. The number of nitrogens with zero attached hydrogens (tertiary/aromatic N) is 4. The second kappa shape index (κ2) is 8.04. The molecule has 170 valence electrons. The molecule has 8 nitrogen and oxygen atoms in total. The molecule has 1 amide bonds. The van der Waals surface area contributed by atoms with E-state index in [1.54, 1.807) is 12.4 Å². The van der Waals surface area contributed by atoms with Gasteiger partial charge in [-0.05, 0) is 35.9 Å². The van der Waals surface area contributed by atoms with Crippen molar-refractivity contribution in [3.05, 3.63) is 66.1 Å². The molecule has 1 aliphatic heterocycles. The van der Waals surface area contributed by atoms with Gasteiger partial charge in [0, 0.05) is 35.9 Å². The number of carbonyl (C=O) groups excluding carboxylic acids is 1. The minimum absolute atomic E-state index is 0.140. The summed E-state index contributed by atoms with van der Waals surface area (Å²) in [6.45, 7) is 7.44. The average molecular weight is 446 g/mol. The molecule has 0 unspecified atom stereocenters. The van der Waals surface area contributed by atoms with Gasteiger partial charge < -0.3 is 14.5 Å². The fourth-order valence-electron chi connectivity index (χ4n) is 3.90. The lowest BCUT2D eigenvalue weighted by molar-refractivity contribution is -0.115. The Hall–Kier alpha value is -3.65. The lowest BCUT2D eigenvalue weighted by atomic mass is 9.92. The third-order valence-corrected chi connectivity index (χ3v) is 5.88. The van der Waals surface area contributed by atoms with E-state index in [1.807, 2.05) is 61.7 Å². The molecule has 0 radical (unpaired) electrons. The first-order valence-corrected chi connectivity index (χ1v) is 11.0. The van der Waals surface area contributed by atoms with Gasteiger partial charge in [0.2, 0.25) is 11.8 Å². The summed E-state index contributed by atoms with van der Waals surface area (Å²) in [4.78, 5) is 19.1. The van der Waals surface area contributed by atoms with Gasteiger partial charge in [0.25, 0.3) is 0 Å². The number of rotatable bonds is 5. The smallest absolute Gasteiger partial charge is 0.231 e. The Balaban J connectivity index is 1.26. The molecule has 2 aromatic carbocycles. The van der Waals surface area contributed by atoms with Crippen LogP contribution in [0.25, 0.3) is 16.7 Å². The van der Waals surface area contributed by atoms with Crippen LogP contribution < -0.4 is 10.2 Å². The molecule has 0 aliphatic carbocycles. The molecule has 0 atom stereocenters. The van der Waals surface area contributed by atoms with Crippen LogP contribution in [0.2, 0.25) is 0 Å². The highest BCUT2D eigenvalue weighted by molar-refractivity contribution is 5.91. The van der Waals surface area contributed by atoms with Gasteiger partial charge in [-0.3, -0.25) is 14.7 Å². The maximum atomic E-state index is 12.4. The Morgan fingerprint density at radius 3 is 2.52 bits per heavy atom. The Kier molecular flexibility index (Phi) is 5.17. The van der Waals surface area contributed by atoms with Crippen LogP contribution in [0.1, 0.15) is 32.0 Å². The van der Waals surface area contributed by atoms with Gasteiger partial charge in [-0.2, -0.15) is 0 Å². The standard InChI is InChI=1S/C25H27N5O3/c1-25(2,3)22-12-24(33-28-22)27-23(32)10-16-4-6-17(7-5-16)30-15-26-20-11-18(8-9-21(20)30)29-13-19(31)14-29/h4-9,11-12,15,19,31H,10,13-14H2,1-3H3,(H,27,32). The molecule has 1 saturated heterocycles. The molecule has 2 N–H and O–H groups in total. The monoisotopic (exact) mass is 445 g/mol. The van der Waals surface area contributed by atoms with Gasteiger partial charge in [0.05, 0.1) is 29.3 Å². The summed E-state index contributed by atoms with van der Waals surface area (Å²) < 4.78 is 7.26. The van der Waals surface area contributed by atoms with Crippen molar-refractivity contribution in [2.45, 2.75) is 38.7 Å². The first kappa shape index (κ1) is 21.2. The van der Waals surface area contributed by atoms with Crippen molar-refractivity contribution in [3.8, 4) is 5.69 Å². The van der Waals surface area contributed by atoms with Crippen molar-refractivity contribution in [2.24, 2.45) is 0 Å². The Bertz CT molecular complexity index is 1290. The fourth-order valence-corrected chi connectivity index (χ4v) is 3.90. The molecule has 1 fully saturated rings. The molecular weight excluding hydrogens is 418 g/mol. The molecule has 4 aromatic rings. The summed E-state index contributed by atoms with van der Waals surface area (Å²) >= 11 is 0. The van der Waals surface area contributed by atoms with Crippen molar-refractivity contribution in [2.75, 3.05) is 23.3 Å². The maximum Gasteiger partial charge on any atom is 0.231 e. The maximum absolute atomic E-state index is 12.4. The molecule has 0 bridgehead atoms. The molecule has 8 heteroatoms. The van der Waals surface area contributed by atoms with Crippen molar-refractivity contribution >= 4 is 28.5 Å². The highest BCUT2D eigenvalue weighted by Crippen LogP contribution is 2.27.